The largest absolute Gasteiger partial charge is 0.512 e. The van der Waals surface area contributed by atoms with Gasteiger partial charge in [0.25, 0.3) is 0 Å². The summed E-state index contributed by atoms with van der Waals surface area (Å²) in [5.41, 5.74) is -1.08. The summed E-state index contributed by atoms with van der Waals surface area (Å²) >= 11 is 0. The first-order chi connectivity index (χ1) is 7.10. The van der Waals surface area contributed by atoms with E-state index in [0.717, 1.165) is 0 Å². The maximum Gasteiger partial charge on any atom is 0.164 e. The van der Waals surface area contributed by atoms with Crippen LogP contribution in [0.15, 0.2) is 11.8 Å². The first kappa shape index (κ1) is 12.3. The van der Waals surface area contributed by atoms with Gasteiger partial charge in [-0.3, -0.25) is 4.79 Å². The first-order valence-electron chi connectivity index (χ1n) is 6.05. The van der Waals surface area contributed by atoms with E-state index in [1.54, 1.807) is 13.8 Å². The molecule has 0 aromatic rings. The van der Waals surface area contributed by atoms with E-state index in [1.807, 2.05) is 27.7 Å². The van der Waals surface area contributed by atoms with Gasteiger partial charge in [-0.25, -0.2) is 0 Å². The summed E-state index contributed by atoms with van der Waals surface area (Å²) in [7, 11) is 0. The summed E-state index contributed by atoms with van der Waals surface area (Å²) in [5.74, 6) is -0.379. The molecule has 0 unspecified atom stereocenters. The Morgan fingerprint density at radius 3 is 1.93 bits per heavy atom. The molecule has 0 heterocycles. The third-order valence-corrected chi connectivity index (χ3v) is 3.26. The Morgan fingerprint density at radius 2 is 1.60 bits per heavy atom. The highest BCUT2D eigenvalue weighted by Crippen LogP contribution is 2.30. The third-order valence-electron chi connectivity index (χ3n) is 3.26. The molecule has 0 bridgehead atoms. The molecule has 2 heteroatoms. The second kappa shape index (κ2) is 4.82. The third kappa shape index (κ3) is 3.69. The van der Waals surface area contributed by atoms with Crippen molar-refractivity contribution in [3.05, 3.63) is 11.8 Å². The van der Waals surface area contributed by atoms with E-state index in [0.29, 0.717) is 12.8 Å². The van der Waals surface area contributed by atoms with Crippen LogP contribution in [0.25, 0.3) is 0 Å². The highest BCUT2D eigenvalue weighted by molar-refractivity contribution is 5.94. The van der Waals surface area contributed by atoms with Gasteiger partial charge in [-0.1, -0.05) is 41.5 Å². The summed E-state index contributed by atoms with van der Waals surface area (Å²) in [6.07, 6.45) is 1.36. The molecule has 0 aliphatic heterocycles. The molecule has 0 rings (SSSR count). The maximum absolute atomic E-state index is 12.0. The van der Waals surface area contributed by atoms with Crippen molar-refractivity contribution in [2.75, 3.05) is 0 Å². The van der Waals surface area contributed by atoms with Gasteiger partial charge >= 0.3 is 0 Å². The Morgan fingerprint density at radius 1 is 1.20 bits per heavy atom. The van der Waals surface area contributed by atoms with Gasteiger partial charge in [-0.2, -0.15) is 0 Å². The standard InChI is InChI=1S/C13H24O2/c1-7-12(3,4)10(14)9-11(15)13(5,6)8-2/h9,14H,7-8H2,1-6H3/i9D. The number of aliphatic hydroxyl groups is 1. The number of rotatable bonds is 5. The topological polar surface area (TPSA) is 37.3 Å². The molecule has 0 fully saturated rings. The number of aliphatic hydroxyl groups excluding tert-OH is 1. The average molecular weight is 213 g/mol. The number of hydrogen-bond donors (Lipinski definition) is 1. The normalized spacial score (nSPS) is 15.7. The number of allylic oxidation sites excluding steroid dienone is 2. The second-order valence-electron chi connectivity index (χ2n) is 5.28. The van der Waals surface area contributed by atoms with Crippen LogP contribution in [0.1, 0.15) is 55.8 Å². The Kier molecular flexibility index (Phi) is 3.95. The summed E-state index contributed by atoms with van der Waals surface area (Å²) in [6, 6.07) is -0.237. The number of ketones is 1. The SMILES string of the molecule is [2H]C(C(=O)C(C)(C)CC)=C(O)C(C)(C)CC. The fourth-order valence-electron chi connectivity index (χ4n) is 0.774. The van der Waals surface area contributed by atoms with E-state index in [9.17, 15) is 9.90 Å². The van der Waals surface area contributed by atoms with Gasteiger partial charge in [-0.15, -0.1) is 0 Å². The van der Waals surface area contributed by atoms with Crippen LogP contribution >= 0.6 is 0 Å². The summed E-state index contributed by atoms with van der Waals surface area (Å²) < 4.78 is 7.78. The van der Waals surface area contributed by atoms with Crippen LogP contribution in [0, 0.1) is 10.8 Å². The lowest BCUT2D eigenvalue weighted by Gasteiger charge is -2.24. The molecule has 0 aromatic heterocycles. The van der Waals surface area contributed by atoms with Crippen molar-refractivity contribution in [3.63, 3.8) is 0 Å². The Balaban J connectivity index is 5.27. The molecule has 0 aromatic carbocycles. The van der Waals surface area contributed by atoms with Crippen LogP contribution in [0.5, 0.6) is 0 Å². The van der Waals surface area contributed by atoms with Gasteiger partial charge in [0.1, 0.15) is 5.76 Å². The summed E-state index contributed by atoms with van der Waals surface area (Å²) in [6.45, 7) is 11.1. The molecule has 0 atom stereocenters. The van der Waals surface area contributed by atoms with Crippen LogP contribution in [-0.2, 0) is 4.79 Å². The minimum absolute atomic E-state index is 0.0958. The minimum atomic E-state index is -0.575. The molecule has 2 nitrogen and oxygen atoms in total. The van der Waals surface area contributed by atoms with E-state index >= 15 is 0 Å². The molecule has 0 spiro atoms. The van der Waals surface area contributed by atoms with Crippen molar-refractivity contribution in [1.82, 2.24) is 0 Å². The van der Waals surface area contributed by atoms with Gasteiger partial charge in [0.2, 0.25) is 0 Å². The quantitative estimate of drug-likeness (QED) is 0.556. The zero-order valence-corrected chi connectivity index (χ0v) is 10.8. The fourth-order valence-corrected chi connectivity index (χ4v) is 0.774. The van der Waals surface area contributed by atoms with Crippen molar-refractivity contribution in [1.29, 1.82) is 0 Å². The van der Waals surface area contributed by atoms with Crippen molar-refractivity contribution < 1.29 is 11.3 Å². The molecular formula is C13H24O2. The smallest absolute Gasteiger partial charge is 0.164 e. The molecule has 0 amide bonds. The molecule has 15 heavy (non-hydrogen) atoms. The highest BCUT2D eigenvalue weighted by atomic mass is 16.3. The highest BCUT2D eigenvalue weighted by Gasteiger charge is 2.27. The van der Waals surface area contributed by atoms with Crippen LogP contribution in [0.2, 0.25) is 0 Å². The number of hydrogen-bond acceptors (Lipinski definition) is 2. The zero-order valence-electron chi connectivity index (χ0n) is 11.8. The molecule has 88 valence electrons. The Bertz CT molecular complexity index is 301. The molecule has 0 aliphatic carbocycles. The Labute approximate surface area is 94.8 Å². The molecule has 0 aliphatic rings. The van der Waals surface area contributed by atoms with Crippen LogP contribution in [-0.4, -0.2) is 10.9 Å². The van der Waals surface area contributed by atoms with E-state index in [-0.39, 0.29) is 17.6 Å². The Hall–Kier alpha value is -0.790. The predicted molar refractivity (Wildman–Crippen MR) is 63.9 cm³/mol. The zero-order chi connectivity index (χ0) is 13.1. The van der Waals surface area contributed by atoms with Gasteiger partial charge in [0.15, 0.2) is 5.78 Å². The monoisotopic (exact) mass is 213 g/mol. The first-order valence-corrected chi connectivity index (χ1v) is 5.55. The fraction of sp³-hybridized carbons (Fsp3) is 0.769. The van der Waals surface area contributed by atoms with Gasteiger partial charge in [0.05, 0.1) is 1.37 Å². The molecular weight excluding hydrogens is 188 g/mol. The van der Waals surface area contributed by atoms with Crippen molar-refractivity contribution in [2.45, 2.75) is 54.4 Å². The molecule has 0 saturated carbocycles. The predicted octanol–water partition coefficient (Wildman–Crippen LogP) is 3.87. The summed E-state index contributed by atoms with van der Waals surface area (Å²) in [5, 5.41) is 9.95. The minimum Gasteiger partial charge on any atom is -0.512 e. The van der Waals surface area contributed by atoms with E-state index in [2.05, 4.69) is 0 Å². The van der Waals surface area contributed by atoms with Crippen LogP contribution < -0.4 is 0 Å². The maximum atomic E-state index is 12.0. The molecule has 1 N–H and O–H groups in total. The van der Waals surface area contributed by atoms with Gasteiger partial charge < -0.3 is 5.11 Å². The number of carbonyl (C=O) groups excluding carboxylic acids is 1. The summed E-state index contributed by atoms with van der Waals surface area (Å²) in [4.78, 5) is 12.0. The second-order valence-corrected chi connectivity index (χ2v) is 5.28. The van der Waals surface area contributed by atoms with E-state index in [1.165, 1.54) is 0 Å². The lowest BCUT2D eigenvalue weighted by Crippen LogP contribution is -2.23. The molecule has 0 saturated heterocycles. The lowest BCUT2D eigenvalue weighted by molar-refractivity contribution is -0.122. The van der Waals surface area contributed by atoms with Crippen molar-refractivity contribution in [3.8, 4) is 0 Å². The van der Waals surface area contributed by atoms with Crippen LogP contribution in [0.3, 0.4) is 0 Å². The number of carbonyl (C=O) groups is 1. The van der Waals surface area contributed by atoms with Crippen molar-refractivity contribution in [2.24, 2.45) is 10.8 Å². The van der Waals surface area contributed by atoms with E-state index in [4.69, 9.17) is 1.37 Å². The van der Waals surface area contributed by atoms with Crippen LogP contribution in [0.4, 0.5) is 0 Å². The molecule has 0 radical (unpaired) electrons. The van der Waals surface area contributed by atoms with Gasteiger partial charge in [-0.05, 0) is 12.8 Å². The van der Waals surface area contributed by atoms with Gasteiger partial charge in [0, 0.05) is 16.9 Å². The van der Waals surface area contributed by atoms with E-state index < -0.39 is 10.8 Å². The lowest BCUT2D eigenvalue weighted by atomic mass is 9.82. The average Bonchev–Trinajstić information content (AvgIpc) is 2.25. The van der Waals surface area contributed by atoms with Crippen molar-refractivity contribution >= 4 is 5.78 Å².